The molecule has 0 saturated carbocycles. The second kappa shape index (κ2) is 28.0. The van der Waals surface area contributed by atoms with Gasteiger partial charge >= 0.3 is 37.9 Å². The second-order valence-electron chi connectivity index (χ2n) is 18.6. The van der Waals surface area contributed by atoms with Crippen molar-refractivity contribution in [1.29, 1.82) is 0 Å². The van der Waals surface area contributed by atoms with E-state index in [0.717, 1.165) is 22.4 Å². The third-order valence-electron chi connectivity index (χ3n) is 11.9. The van der Waals surface area contributed by atoms with E-state index in [1.165, 1.54) is 140 Å². The van der Waals surface area contributed by atoms with Crippen molar-refractivity contribution in [2.24, 2.45) is 0 Å². The van der Waals surface area contributed by atoms with E-state index in [0.29, 0.717) is 23.7 Å². The topological polar surface area (TPSA) is 0 Å². The minimum atomic E-state index is -0.826. The normalized spacial score (nSPS) is 11.2. The van der Waals surface area contributed by atoms with E-state index in [4.69, 9.17) is 17.0 Å². The Bertz CT molecular complexity index is 2000. The summed E-state index contributed by atoms with van der Waals surface area (Å²) in [5, 5.41) is 5.71. The van der Waals surface area contributed by atoms with E-state index in [1.807, 2.05) is 0 Å². The fourth-order valence-corrected chi connectivity index (χ4v) is 8.44. The van der Waals surface area contributed by atoms with Crippen LogP contribution in [0.2, 0.25) is 13.1 Å². The molecule has 0 aliphatic rings. The van der Waals surface area contributed by atoms with Crippen LogP contribution in [0.5, 0.6) is 0 Å². The van der Waals surface area contributed by atoms with E-state index >= 15 is 0 Å². The van der Waals surface area contributed by atoms with Gasteiger partial charge in [0.05, 0.1) is 0 Å². The number of unbranched alkanes of at least 4 members (excludes halogenated alkanes) is 2. The van der Waals surface area contributed by atoms with Crippen molar-refractivity contribution in [3.05, 3.63) is 129 Å². The maximum atomic E-state index is 4.93. The van der Waals surface area contributed by atoms with Gasteiger partial charge in [-0.3, -0.25) is 0 Å². The van der Waals surface area contributed by atoms with Crippen molar-refractivity contribution in [3.63, 3.8) is 0 Å². The Morgan fingerprint density at radius 1 is 0.468 bits per heavy atom. The summed E-state index contributed by atoms with van der Waals surface area (Å²) in [6.45, 7) is 31.9. The molecule has 2 radical (unpaired) electrons. The molecule has 4 heteroatoms. The van der Waals surface area contributed by atoms with Gasteiger partial charge in [0, 0.05) is 9.52 Å². The van der Waals surface area contributed by atoms with Crippen LogP contribution in [0.3, 0.4) is 0 Å². The monoisotopic (exact) mass is 964 g/mol. The van der Waals surface area contributed by atoms with Crippen LogP contribution in [0.4, 0.5) is 0 Å². The van der Waals surface area contributed by atoms with Gasteiger partial charge in [0.1, 0.15) is 0 Å². The van der Waals surface area contributed by atoms with Gasteiger partial charge in [-0.25, -0.2) is 0 Å². The van der Waals surface area contributed by atoms with E-state index in [1.54, 1.807) is 0 Å². The molecule has 0 unspecified atom stereocenters. The van der Waals surface area contributed by atoms with Crippen LogP contribution in [0.15, 0.2) is 84.9 Å². The first-order valence-corrected chi connectivity index (χ1v) is 32.3. The van der Waals surface area contributed by atoms with Crippen molar-refractivity contribution >= 4 is 48.1 Å². The second-order valence-corrected chi connectivity index (χ2v) is 23.3. The van der Waals surface area contributed by atoms with Crippen LogP contribution < -0.4 is 0 Å². The van der Waals surface area contributed by atoms with Gasteiger partial charge in [0.2, 0.25) is 0 Å². The minimum absolute atomic E-state index is 0.547. The summed E-state index contributed by atoms with van der Waals surface area (Å²) in [5.41, 5.74) is 17.6. The maximum absolute atomic E-state index is 4.93. The van der Waals surface area contributed by atoms with Crippen molar-refractivity contribution in [3.8, 4) is 22.3 Å². The number of hydrogen-bond acceptors (Lipinski definition) is 0. The van der Waals surface area contributed by atoms with E-state index in [2.05, 4.69) is 181 Å². The van der Waals surface area contributed by atoms with E-state index in [-0.39, 0.29) is 0 Å². The van der Waals surface area contributed by atoms with Gasteiger partial charge in [0.15, 0.2) is 0 Å². The predicted octanol–water partition coefficient (Wildman–Crippen LogP) is 19.7. The summed E-state index contributed by atoms with van der Waals surface area (Å²) < 4.78 is 0. The third kappa shape index (κ3) is 15.5. The number of aryl methyl sites for hydroxylation is 4. The summed E-state index contributed by atoms with van der Waals surface area (Å²) in [7, 11) is 11.0. The summed E-state index contributed by atoms with van der Waals surface area (Å²) in [4.78, 5) is 0. The molecule has 6 aromatic rings. The number of hydrogen-bond donors (Lipinski definition) is 0. The zero-order valence-electron chi connectivity index (χ0n) is 41.2. The molecule has 6 aromatic carbocycles. The molecule has 0 aliphatic carbocycles. The molecule has 0 N–H and O–H groups in total. The van der Waals surface area contributed by atoms with Gasteiger partial charge in [0.25, 0.3) is 0 Å². The van der Waals surface area contributed by atoms with E-state index < -0.39 is 20.8 Å². The first-order chi connectivity index (χ1) is 29.7. The molecule has 0 atom stereocenters. The molecule has 0 fully saturated rings. The van der Waals surface area contributed by atoms with Gasteiger partial charge in [-0.15, -0.1) is 69.1 Å². The Morgan fingerprint density at radius 3 is 1.03 bits per heavy atom. The number of benzene rings is 4. The van der Waals surface area contributed by atoms with Crippen molar-refractivity contribution in [1.82, 2.24) is 0 Å². The zero-order valence-corrected chi connectivity index (χ0v) is 46.2. The third-order valence-corrected chi connectivity index (χ3v) is 11.9. The summed E-state index contributed by atoms with van der Waals surface area (Å²) in [6.07, 6.45) is 12.1. The van der Waals surface area contributed by atoms with Crippen LogP contribution in [0, 0.1) is 0 Å². The van der Waals surface area contributed by atoms with Crippen LogP contribution >= 0.6 is 17.0 Å². The fraction of sp³-hybridized carbons (Fsp3) is 0.483. The molecule has 334 valence electrons. The van der Waals surface area contributed by atoms with Crippen molar-refractivity contribution in [2.75, 3.05) is 0 Å². The molecule has 0 aromatic heterocycles. The average molecular weight is 967 g/mol. The van der Waals surface area contributed by atoms with Crippen LogP contribution in [0.1, 0.15) is 190 Å². The Kier molecular flexibility index (Phi) is 24.4. The predicted molar refractivity (Wildman–Crippen MR) is 281 cm³/mol. The Balaban J connectivity index is 0.000000293. The standard InChI is InChI=1S/2C28H37.C2H6Si.2ClH.Zr/c2*1-7-9-11-21-14-23-13-12-22(10-8-2)28(27(23)15-21)26-17-24(19(3)4)16-25(18-26)20(5)6;1-3-2;;;/h2*12-20H,7-11H2,1-6H3;1-2H3;2*1H;/q2*-1;;;;+4/p-2. The summed E-state index contributed by atoms with van der Waals surface area (Å²) >= 11 is -0.826. The average Bonchev–Trinajstić information content (AvgIpc) is 3.86. The zero-order chi connectivity index (χ0) is 45.9. The van der Waals surface area contributed by atoms with Gasteiger partial charge < -0.3 is 0 Å². The summed E-state index contributed by atoms with van der Waals surface area (Å²) in [5.74, 6) is 2.19. The molecule has 0 amide bonds. The van der Waals surface area contributed by atoms with Gasteiger partial charge in [-0.1, -0.05) is 193 Å². The Morgan fingerprint density at radius 2 is 0.774 bits per heavy atom. The van der Waals surface area contributed by atoms with Crippen LogP contribution in [0.25, 0.3) is 43.8 Å². The van der Waals surface area contributed by atoms with Crippen LogP contribution in [-0.2, 0) is 46.5 Å². The molecule has 0 nitrogen and oxygen atoms in total. The quantitative estimate of drug-likeness (QED) is 0.0670. The number of fused-ring (bicyclic) bond motifs is 2. The molecule has 6 rings (SSSR count). The van der Waals surface area contributed by atoms with Crippen molar-refractivity contribution in [2.45, 2.75) is 184 Å². The molecule has 0 heterocycles. The molecular weight excluding hydrogens is 887 g/mol. The Labute approximate surface area is 401 Å². The van der Waals surface area contributed by atoms with Crippen molar-refractivity contribution < 1.29 is 20.8 Å². The Hall–Kier alpha value is -2.22. The summed E-state index contributed by atoms with van der Waals surface area (Å²) in [6, 6.07) is 33.8. The van der Waals surface area contributed by atoms with E-state index in [9.17, 15) is 0 Å². The molecule has 0 bridgehead atoms. The number of rotatable bonds is 16. The molecular formula is C58H80Cl2SiZr. The molecule has 0 spiro atoms. The first kappa shape index (κ1) is 54.1. The first-order valence-electron chi connectivity index (χ1n) is 24.0. The fourth-order valence-electron chi connectivity index (χ4n) is 8.44. The molecule has 0 aliphatic heterocycles. The molecule has 0 saturated heterocycles. The van der Waals surface area contributed by atoms with Crippen LogP contribution in [-0.4, -0.2) is 9.52 Å². The number of halogens is 2. The molecule has 62 heavy (non-hydrogen) atoms. The van der Waals surface area contributed by atoms with Gasteiger partial charge in [-0.2, -0.15) is 12.1 Å². The van der Waals surface area contributed by atoms with Gasteiger partial charge in [-0.05, 0) is 82.7 Å². The SMILES string of the molecule is CCCCc1cc2c(-c3cc(C(C)C)cc(C(C)C)c3)c(CCC)ccc2[cH-]1.CCCCc1cc2c(-c3cc(C(C)C)cc(C(C)C)c3)c(CCC)ccc2[cH-]1.C[Si]C.[Cl][Zr+2][Cl].